The highest BCUT2D eigenvalue weighted by Gasteiger charge is 2.32. The number of carbonyl (C=O) groups is 2. The lowest BCUT2D eigenvalue weighted by Gasteiger charge is -2.22. The molecule has 0 aliphatic carbocycles. The Bertz CT molecular complexity index is 395. The maximum Gasteiger partial charge on any atom is 0.333 e. The van der Waals surface area contributed by atoms with E-state index in [9.17, 15) is 9.59 Å². The monoisotopic (exact) mass is 362 g/mol. The van der Waals surface area contributed by atoms with Crippen LogP contribution in [0.25, 0.3) is 0 Å². The number of ether oxygens (including phenoxy) is 1. The first kappa shape index (κ1) is 14.9. The molecule has 6 heteroatoms. The third-order valence-electron chi connectivity index (χ3n) is 2.38. The number of amides is 1. The van der Waals surface area contributed by atoms with E-state index >= 15 is 0 Å². The van der Waals surface area contributed by atoms with Crippen LogP contribution in [-0.4, -0.2) is 35.2 Å². The number of halogens is 1. The van der Waals surface area contributed by atoms with Gasteiger partial charge in [0.15, 0.2) is 6.04 Å². The van der Waals surface area contributed by atoms with Gasteiger partial charge < -0.3 is 10.1 Å². The van der Waals surface area contributed by atoms with E-state index in [1.165, 1.54) is 14.2 Å². The molecular weight excluding hydrogens is 347 g/mol. The first-order valence-corrected chi connectivity index (χ1v) is 6.32. The van der Waals surface area contributed by atoms with Crippen LogP contribution >= 0.6 is 22.9 Å². The smallest absolute Gasteiger partial charge is 0.333 e. The zero-order chi connectivity index (χ0) is 13.5. The van der Waals surface area contributed by atoms with Crippen molar-refractivity contribution < 1.29 is 14.3 Å². The van der Waals surface area contributed by atoms with Gasteiger partial charge in [0.1, 0.15) is 0 Å². The van der Waals surface area contributed by atoms with Crippen molar-refractivity contribution in [1.29, 1.82) is 0 Å². The quantitative estimate of drug-likeness (QED) is 0.369. The molecule has 0 fully saturated rings. The number of nitrogens with one attached hydrogen (secondary N) is 1. The van der Waals surface area contributed by atoms with Crippen LogP contribution in [0.4, 0.5) is 0 Å². The predicted octanol–water partition coefficient (Wildman–Crippen LogP) is 1.13. The molecule has 0 saturated heterocycles. The van der Waals surface area contributed by atoms with E-state index in [4.69, 9.17) is 0 Å². The summed E-state index contributed by atoms with van der Waals surface area (Å²) in [6.07, 6.45) is 0. The number of benzene rings is 1. The van der Waals surface area contributed by atoms with E-state index in [1.807, 2.05) is 53.2 Å². The van der Waals surface area contributed by atoms with E-state index in [1.54, 1.807) is 3.11 Å². The van der Waals surface area contributed by atoms with Crippen LogP contribution in [0.1, 0.15) is 5.56 Å². The van der Waals surface area contributed by atoms with E-state index in [0.717, 1.165) is 5.56 Å². The minimum absolute atomic E-state index is 0.382. The fourth-order valence-corrected chi connectivity index (χ4v) is 2.32. The van der Waals surface area contributed by atoms with Gasteiger partial charge in [-0.2, -0.15) is 0 Å². The van der Waals surface area contributed by atoms with Crippen molar-refractivity contribution in [3.8, 4) is 0 Å². The molecule has 0 heterocycles. The summed E-state index contributed by atoms with van der Waals surface area (Å²) < 4.78 is 6.27. The average Bonchev–Trinajstić information content (AvgIpc) is 2.39. The molecule has 5 nitrogen and oxygen atoms in total. The van der Waals surface area contributed by atoms with Crippen molar-refractivity contribution in [3.05, 3.63) is 35.9 Å². The Kier molecular flexibility index (Phi) is 6.06. The van der Waals surface area contributed by atoms with Crippen LogP contribution < -0.4 is 5.32 Å². The fourth-order valence-electron chi connectivity index (χ4n) is 1.45. The molecule has 1 aromatic rings. The molecule has 1 aromatic carbocycles. The normalized spacial score (nSPS) is 12.0. The van der Waals surface area contributed by atoms with Crippen molar-refractivity contribution >= 4 is 34.7 Å². The highest BCUT2D eigenvalue weighted by molar-refractivity contribution is 14.1. The summed E-state index contributed by atoms with van der Waals surface area (Å²) in [5.74, 6) is -0.952. The van der Waals surface area contributed by atoms with Gasteiger partial charge in [-0.1, -0.05) is 30.3 Å². The molecule has 1 N–H and O–H groups in total. The van der Waals surface area contributed by atoms with E-state index < -0.39 is 12.0 Å². The minimum atomic E-state index is -0.944. The van der Waals surface area contributed by atoms with Crippen molar-refractivity contribution in [3.63, 3.8) is 0 Å². The summed E-state index contributed by atoms with van der Waals surface area (Å²) in [7, 11) is 2.76. The Labute approximate surface area is 120 Å². The number of hydrogen-bond donors (Lipinski definition) is 1. The summed E-state index contributed by atoms with van der Waals surface area (Å²) in [5.41, 5.74) is 1.02. The lowest BCUT2D eigenvalue weighted by molar-refractivity contribution is -0.149. The molecule has 0 aromatic heterocycles. The second kappa shape index (κ2) is 7.32. The number of carbonyl (C=O) groups excluding carboxylic acids is 2. The zero-order valence-electron chi connectivity index (χ0n) is 10.2. The van der Waals surface area contributed by atoms with Gasteiger partial charge in [0.25, 0.3) is 0 Å². The number of nitrogens with zero attached hydrogens (tertiary/aromatic N) is 1. The molecule has 1 rings (SSSR count). The van der Waals surface area contributed by atoms with Crippen LogP contribution in [0.15, 0.2) is 30.3 Å². The van der Waals surface area contributed by atoms with Gasteiger partial charge in [0.2, 0.25) is 5.91 Å². The summed E-state index contributed by atoms with van der Waals surface area (Å²) in [5, 5.41) is 2.46. The molecule has 0 saturated carbocycles. The largest absolute Gasteiger partial charge is 0.467 e. The lowest BCUT2D eigenvalue weighted by atomic mass is 10.2. The highest BCUT2D eigenvalue weighted by atomic mass is 127. The molecule has 0 radical (unpaired) electrons. The van der Waals surface area contributed by atoms with Crippen LogP contribution in [0.5, 0.6) is 0 Å². The first-order chi connectivity index (χ1) is 8.60. The van der Waals surface area contributed by atoms with Gasteiger partial charge >= 0.3 is 5.97 Å². The van der Waals surface area contributed by atoms with Gasteiger partial charge in [-0.05, 0) is 5.56 Å². The third kappa shape index (κ3) is 3.95. The minimum Gasteiger partial charge on any atom is -0.467 e. The fraction of sp³-hybridized carbons (Fsp3) is 0.333. The molecule has 18 heavy (non-hydrogen) atoms. The molecule has 0 bridgehead atoms. The second-order valence-electron chi connectivity index (χ2n) is 3.58. The molecule has 98 valence electrons. The summed E-state index contributed by atoms with van der Waals surface area (Å²) in [6.45, 7) is 0.481. The van der Waals surface area contributed by atoms with E-state index in [2.05, 4.69) is 10.1 Å². The van der Waals surface area contributed by atoms with Crippen LogP contribution in [0.3, 0.4) is 0 Å². The zero-order valence-corrected chi connectivity index (χ0v) is 12.4. The molecule has 1 amide bonds. The predicted molar refractivity (Wildman–Crippen MR) is 75.9 cm³/mol. The van der Waals surface area contributed by atoms with Crippen LogP contribution in [0, 0.1) is 0 Å². The van der Waals surface area contributed by atoms with Gasteiger partial charge in [0.05, 0.1) is 7.11 Å². The van der Waals surface area contributed by atoms with E-state index in [0.29, 0.717) is 6.54 Å². The van der Waals surface area contributed by atoms with Gasteiger partial charge in [-0.25, -0.2) is 7.91 Å². The van der Waals surface area contributed by atoms with Crippen LogP contribution in [-0.2, 0) is 20.9 Å². The molecule has 0 aliphatic rings. The number of hydrogen-bond acceptors (Lipinski definition) is 4. The number of methoxy groups -OCH3 is 1. The maximum atomic E-state index is 11.7. The van der Waals surface area contributed by atoms with Gasteiger partial charge in [-0.3, -0.25) is 4.79 Å². The standard InChI is InChI=1S/C12H15IN2O3/c1-14-11(16)10(12(17)18-2)15(13)8-9-6-4-3-5-7-9/h3-7,10H,8H2,1-2H3,(H,14,16). The second-order valence-corrected chi connectivity index (χ2v) is 4.82. The Hall–Kier alpha value is -1.15. The third-order valence-corrected chi connectivity index (χ3v) is 3.27. The molecule has 1 atom stereocenters. The van der Waals surface area contributed by atoms with Crippen molar-refractivity contribution in [2.24, 2.45) is 0 Å². The first-order valence-electron chi connectivity index (χ1n) is 5.36. The van der Waals surface area contributed by atoms with Crippen molar-refractivity contribution in [1.82, 2.24) is 8.43 Å². The Morgan fingerprint density at radius 2 is 2.00 bits per heavy atom. The summed E-state index contributed by atoms with van der Waals surface area (Å²) in [4.78, 5) is 23.3. The Morgan fingerprint density at radius 3 is 2.50 bits per heavy atom. The molecular formula is C12H15IN2O3. The number of likely N-dealkylation sites (N-methyl/N-ethyl adjacent to an activating group) is 1. The molecule has 0 aliphatic heterocycles. The van der Waals surface area contributed by atoms with E-state index in [-0.39, 0.29) is 5.91 Å². The van der Waals surface area contributed by atoms with Crippen LogP contribution in [0.2, 0.25) is 0 Å². The average molecular weight is 362 g/mol. The summed E-state index contributed by atoms with van der Waals surface area (Å²) >= 11 is 1.96. The Balaban J connectivity index is 2.80. The topological polar surface area (TPSA) is 58.6 Å². The maximum absolute atomic E-state index is 11.7. The molecule has 0 spiro atoms. The van der Waals surface area contributed by atoms with Gasteiger partial charge in [0, 0.05) is 36.5 Å². The summed E-state index contributed by atoms with van der Waals surface area (Å²) in [6, 6.07) is 8.66. The number of esters is 1. The van der Waals surface area contributed by atoms with Crippen molar-refractivity contribution in [2.75, 3.05) is 14.2 Å². The van der Waals surface area contributed by atoms with Gasteiger partial charge in [-0.15, -0.1) is 0 Å². The number of rotatable bonds is 5. The van der Waals surface area contributed by atoms with Crippen molar-refractivity contribution in [2.45, 2.75) is 12.6 Å². The molecule has 1 unspecified atom stereocenters. The SMILES string of the molecule is CNC(=O)C(C(=O)OC)N(I)Cc1ccccc1. The Morgan fingerprint density at radius 1 is 1.39 bits per heavy atom. The highest BCUT2D eigenvalue weighted by Crippen LogP contribution is 2.14. The lowest BCUT2D eigenvalue weighted by Crippen LogP contribution is -2.47.